The molecule has 0 amide bonds. The highest BCUT2D eigenvalue weighted by molar-refractivity contribution is 6.06. The number of hydrogen-bond donors (Lipinski definition) is 3. The maximum absolute atomic E-state index is 12.1. The molecule has 3 N–H and O–H groups in total. The van der Waals surface area contributed by atoms with Crippen molar-refractivity contribution in [3.05, 3.63) is 47.8 Å². The van der Waals surface area contributed by atoms with Gasteiger partial charge < -0.3 is 14.9 Å². The van der Waals surface area contributed by atoms with Crippen LogP contribution in [0.3, 0.4) is 0 Å². The quantitative estimate of drug-likeness (QED) is 0.471. The van der Waals surface area contributed by atoms with Crippen molar-refractivity contribution in [1.29, 1.82) is 0 Å². The number of carbonyl (C=O) groups is 1. The van der Waals surface area contributed by atoms with Gasteiger partial charge in [0.15, 0.2) is 11.5 Å². The fraction of sp³-hybridized carbons (Fsp3) is 0.478. The Kier molecular flexibility index (Phi) is 7.61. The fourth-order valence-electron chi connectivity index (χ4n) is 3.62. The molecule has 2 atom stereocenters. The maximum Gasteiger partial charge on any atom is 0.227 e. The van der Waals surface area contributed by atoms with Gasteiger partial charge in [0.1, 0.15) is 24.2 Å². The molecule has 0 spiro atoms. The number of aliphatic hydroxyl groups is 1. The number of nitrogens with zero attached hydrogens (tertiary/aromatic N) is 1. The molecule has 0 saturated heterocycles. The summed E-state index contributed by atoms with van der Waals surface area (Å²) in [6.45, 7) is 3.29. The zero-order valence-corrected chi connectivity index (χ0v) is 17.1. The van der Waals surface area contributed by atoms with Gasteiger partial charge in [-0.05, 0) is 36.6 Å². The molecule has 1 aromatic carbocycles. The molecule has 0 aromatic heterocycles. The number of carbonyl (C=O) groups excluding carboxylic acids is 1. The number of aryl methyl sites for hydroxylation is 1. The number of allylic oxidation sites excluding steroid dienone is 1. The number of benzene rings is 1. The largest absolute Gasteiger partial charge is 0.504 e. The molecule has 6 heteroatoms. The lowest BCUT2D eigenvalue weighted by Crippen LogP contribution is -3.07. The van der Waals surface area contributed by atoms with Crippen molar-refractivity contribution in [3.8, 4) is 11.5 Å². The Hall–Kier alpha value is -2.44. The number of unbranched alkanes of at least 4 members (excludes halogenated alkanes) is 2. The molecular formula is C23H31N2O4+. The van der Waals surface area contributed by atoms with E-state index in [0.29, 0.717) is 31.7 Å². The van der Waals surface area contributed by atoms with Crippen LogP contribution in [-0.2, 0) is 11.2 Å². The van der Waals surface area contributed by atoms with Crippen LogP contribution in [0.2, 0.25) is 0 Å². The first kappa shape index (κ1) is 21.3. The lowest BCUT2D eigenvalue weighted by atomic mass is 10.0. The number of phenolic OH excluding ortho intramolecular Hbond substituents is 1. The number of aliphatic imine (C=N–C) groups is 1. The number of ketones is 1. The van der Waals surface area contributed by atoms with Gasteiger partial charge in [-0.15, -0.1) is 0 Å². The molecule has 0 radical (unpaired) electrons. The lowest BCUT2D eigenvalue weighted by Gasteiger charge is -2.13. The minimum absolute atomic E-state index is 0.0676. The number of aromatic hydroxyl groups is 1. The zero-order chi connectivity index (χ0) is 20.6. The topological polar surface area (TPSA) is 83.6 Å². The second-order valence-corrected chi connectivity index (χ2v) is 7.81. The van der Waals surface area contributed by atoms with Gasteiger partial charge in [0.2, 0.25) is 6.73 Å². The van der Waals surface area contributed by atoms with Gasteiger partial charge in [0.25, 0.3) is 0 Å². The van der Waals surface area contributed by atoms with Gasteiger partial charge in [0, 0.05) is 19.0 Å². The molecule has 156 valence electrons. The average Bonchev–Trinajstić information content (AvgIpc) is 3.28. The molecule has 29 heavy (non-hydrogen) atoms. The van der Waals surface area contributed by atoms with Crippen LogP contribution in [0.5, 0.6) is 11.5 Å². The molecular weight excluding hydrogens is 368 g/mol. The van der Waals surface area contributed by atoms with Crippen molar-refractivity contribution < 1.29 is 24.6 Å². The van der Waals surface area contributed by atoms with E-state index in [1.54, 1.807) is 18.3 Å². The van der Waals surface area contributed by atoms with E-state index >= 15 is 0 Å². The molecule has 0 fully saturated rings. The Labute approximate surface area is 172 Å². The van der Waals surface area contributed by atoms with Crippen LogP contribution in [0.4, 0.5) is 0 Å². The summed E-state index contributed by atoms with van der Waals surface area (Å²) in [5.41, 5.74) is 3.14. The van der Waals surface area contributed by atoms with Crippen LogP contribution in [-0.4, -0.2) is 41.1 Å². The van der Waals surface area contributed by atoms with E-state index in [9.17, 15) is 15.0 Å². The van der Waals surface area contributed by atoms with Crippen molar-refractivity contribution in [2.24, 2.45) is 4.99 Å². The third kappa shape index (κ3) is 6.27. The van der Waals surface area contributed by atoms with Crippen LogP contribution >= 0.6 is 0 Å². The predicted octanol–water partition coefficient (Wildman–Crippen LogP) is 2.31. The highest BCUT2D eigenvalue weighted by Gasteiger charge is 2.25. The third-order valence-corrected chi connectivity index (χ3v) is 5.31. The summed E-state index contributed by atoms with van der Waals surface area (Å²) in [4.78, 5) is 17.6. The highest BCUT2D eigenvalue weighted by atomic mass is 16.5. The fourth-order valence-corrected chi connectivity index (χ4v) is 3.62. The molecule has 1 aromatic rings. The SMILES string of the molecule is CCCCCC(O)CC(=O)CCc1ccc(O)c(OC[NH+]2C=C3C=CN=C3C2)c1. The minimum Gasteiger partial charge on any atom is -0.504 e. The summed E-state index contributed by atoms with van der Waals surface area (Å²) in [6.07, 6.45) is 10.3. The predicted molar refractivity (Wildman–Crippen MR) is 112 cm³/mol. The van der Waals surface area contributed by atoms with E-state index in [4.69, 9.17) is 4.74 Å². The van der Waals surface area contributed by atoms with Crippen LogP contribution in [0, 0.1) is 0 Å². The average molecular weight is 400 g/mol. The Morgan fingerprint density at radius 2 is 2.21 bits per heavy atom. The van der Waals surface area contributed by atoms with Crippen molar-refractivity contribution in [3.63, 3.8) is 0 Å². The van der Waals surface area contributed by atoms with Crippen LogP contribution in [0.25, 0.3) is 0 Å². The second-order valence-electron chi connectivity index (χ2n) is 7.81. The standard InChI is InChI=1S/C23H30N2O4/c1-2-3-4-5-19(26)13-20(27)8-6-17-7-9-22(28)23(12-17)29-16-25-14-18-10-11-24-21(18)15-25/h7,9-12,14,19,26,28H,2-6,8,13,15-16H2,1H3/p+1. The van der Waals surface area contributed by atoms with Gasteiger partial charge in [-0.1, -0.05) is 32.3 Å². The molecule has 2 aliphatic rings. The van der Waals surface area contributed by atoms with Gasteiger partial charge in [-0.2, -0.15) is 0 Å². The Morgan fingerprint density at radius 1 is 1.34 bits per heavy atom. The van der Waals surface area contributed by atoms with Gasteiger partial charge in [-0.25, -0.2) is 0 Å². The van der Waals surface area contributed by atoms with Crippen LogP contribution in [0.15, 0.2) is 47.2 Å². The second kappa shape index (κ2) is 10.4. The van der Waals surface area contributed by atoms with E-state index in [0.717, 1.165) is 47.6 Å². The monoisotopic (exact) mass is 399 g/mol. The van der Waals surface area contributed by atoms with E-state index in [1.807, 2.05) is 12.1 Å². The van der Waals surface area contributed by atoms with Gasteiger partial charge >= 0.3 is 0 Å². The van der Waals surface area contributed by atoms with Crippen LogP contribution in [0.1, 0.15) is 51.0 Å². The van der Waals surface area contributed by atoms with Gasteiger partial charge in [0.05, 0.1) is 11.7 Å². The number of nitrogens with one attached hydrogen (secondary N) is 1. The van der Waals surface area contributed by atoms with Crippen molar-refractivity contribution in [1.82, 2.24) is 0 Å². The molecule has 0 saturated carbocycles. The molecule has 2 aliphatic heterocycles. The number of fused-ring (bicyclic) bond motifs is 1. The first-order valence-electron chi connectivity index (χ1n) is 10.5. The van der Waals surface area contributed by atoms with Crippen molar-refractivity contribution in [2.45, 2.75) is 58.0 Å². The minimum atomic E-state index is -0.538. The first-order valence-corrected chi connectivity index (χ1v) is 10.5. The number of rotatable bonds is 12. The summed E-state index contributed by atoms with van der Waals surface area (Å²) >= 11 is 0. The van der Waals surface area contributed by atoms with E-state index < -0.39 is 6.10 Å². The van der Waals surface area contributed by atoms with Gasteiger partial charge in [-0.3, -0.25) is 14.7 Å². The summed E-state index contributed by atoms with van der Waals surface area (Å²) < 4.78 is 5.82. The first-order chi connectivity index (χ1) is 14.0. The smallest absolute Gasteiger partial charge is 0.227 e. The molecule has 6 nitrogen and oxygen atoms in total. The summed E-state index contributed by atoms with van der Waals surface area (Å²) in [7, 11) is 0. The third-order valence-electron chi connectivity index (χ3n) is 5.31. The molecule has 0 bridgehead atoms. The molecule has 2 unspecified atom stereocenters. The number of ether oxygens (including phenoxy) is 1. The van der Waals surface area contributed by atoms with Crippen molar-refractivity contribution in [2.75, 3.05) is 13.3 Å². The summed E-state index contributed by atoms with van der Waals surface area (Å²) in [5.74, 6) is 0.586. The number of quaternary nitrogens is 1. The number of phenols is 1. The number of hydrogen-bond acceptors (Lipinski definition) is 5. The normalized spacial score (nSPS) is 18.3. The van der Waals surface area contributed by atoms with E-state index in [1.165, 1.54) is 0 Å². The molecule has 2 heterocycles. The Bertz CT molecular complexity index is 813. The van der Waals surface area contributed by atoms with E-state index in [2.05, 4.69) is 18.1 Å². The zero-order valence-electron chi connectivity index (χ0n) is 17.1. The summed E-state index contributed by atoms with van der Waals surface area (Å²) in [5, 5.41) is 20.0. The molecule has 0 aliphatic carbocycles. The highest BCUT2D eigenvalue weighted by Crippen LogP contribution is 2.27. The Balaban J connectivity index is 1.45. The lowest BCUT2D eigenvalue weighted by molar-refractivity contribution is -0.851. The number of aliphatic hydroxyl groups excluding tert-OH is 1. The van der Waals surface area contributed by atoms with Crippen molar-refractivity contribution >= 4 is 11.5 Å². The van der Waals surface area contributed by atoms with Crippen LogP contribution < -0.4 is 9.64 Å². The van der Waals surface area contributed by atoms with E-state index in [-0.39, 0.29) is 18.0 Å². The Morgan fingerprint density at radius 3 is 3.00 bits per heavy atom. The maximum atomic E-state index is 12.1. The molecule has 3 rings (SSSR count). The number of Topliss-reactive ketones (excluding diaryl/α,β-unsaturated/α-hetero) is 1. The summed E-state index contributed by atoms with van der Waals surface area (Å²) in [6, 6.07) is 5.21.